The van der Waals surface area contributed by atoms with Gasteiger partial charge in [-0.3, -0.25) is 14.4 Å². The molecule has 0 spiro atoms. The highest BCUT2D eigenvalue weighted by atomic mass is 19.1. The number of hydrogen-bond donors (Lipinski definition) is 0. The number of imidazole rings is 1. The number of hydrogen-bond acceptors (Lipinski definition) is 6. The summed E-state index contributed by atoms with van der Waals surface area (Å²) in [5.41, 5.74) is 4.17. The molecule has 0 N–H and O–H groups in total. The number of benzene rings is 1. The molecule has 0 radical (unpaired) electrons. The minimum Gasteiger partial charge on any atom is -0.383 e. The van der Waals surface area contributed by atoms with E-state index in [-0.39, 0.29) is 23.6 Å². The zero-order valence-corrected chi connectivity index (χ0v) is 21.5. The monoisotopic (exact) mass is 503 g/mol. The second-order valence-corrected chi connectivity index (χ2v) is 10.0. The molecule has 4 aromatic rings. The van der Waals surface area contributed by atoms with Crippen LogP contribution in [0.3, 0.4) is 0 Å². The van der Waals surface area contributed by atoms with Crippen LogP contribution in [0.1, 0.15) is 30.4 Å². The molecule has 1 saturated heterocycles. The van der Waals surface area contributed by atoms with Crippen molar-refractivity contribution in [1.82, 2.24) is 34.1 Å². The van der Waals surface area contributed by atoms with E-state index in [4.69, 9.17) is 9.72 Å². The van der Waals surface area contributed by atoms with Crippen molar-refractivity contribution >= 4 is 16.8 Å². The zero-order chi connectivity index (χ0) is 25.8. The Balaban J connectivity index is 1.47. The second kappa shape index (κ2) is 9.04. The van der Waals surface area contributed by atoms with Crippen molar-refractivity contribution in [2.24, 2.45) is 7.05 Å². The lowest BCUT2D eigenvalue weighted by molar-refractivity contribution is -0.135. The van der Waals surface area contributed by atoms with Crippen LogP contribution < -0.4 is 0 Å². The molecule has 2 aliphatic rings. The van der Waals surface area contributed by atoms with Crippen LogP contribution in [0.15, 0.2) is 36.7 Å². The Morgan fingerprint density at radius 1 is 1.16 bits per heavy atom. The maximum atomic E-state index is 15.4. The number of amides is 1. The van der Waals surface area contributed by atoms with E-state index in [1.807, 2.05) is 32.2 Å². The molecular formula is C27H30FN7O2. The molecule has 0 aliphatic carbocycles. The number of rotatable bonds is 6. The molecule has 2 aliphatic heterocycles. The largest absolute Gasteiger partial charge is 0.383 e. The Morgan fingerprint density at radius 2 is 1.97 bits per heavy atom. The van der Waals surface area contributed by atoms with E-state index in [0.29, 0.717) is 29.6 Å². The van der Waals surface area contributed by atoms with Gasteiger partial charge < -0.3 is 14.2 Å². The highest BCUT2D eigenvalue weighted by molar-refractivity contribution is 5.96. The number of aryl methyl sites for hydroxylation is 1. The van der Waals surface area contributed by atoms with E-state index in [0.717, 1.165) is 42.4 Å². The normalized spacial score (nSPS) is 18.5. The molecule has 9 nitrogen and oxygen atoms in total. The molecular weight excluding hydrogens is 473 g/mol. The van der Waals surface area contributed by atoms with Crippen LogP contribution >= 0.6 is 0 Å². The van der Waals surface area contributed by atoms with Crippen LogP contribution in [0.4, 0.5) is 4.39 Å². The van der Waals surface area contributed by atoms with E-state index in [2.05, 4.69) is 19.5 Å². The fraction of sp³-hybridized carbons (Fsp3) is 0.407. The smallest absolute Gasteiger partial charge is 0.245 e. The van der Waals surface area contributed by atoms with Crippen molar-refractivity contribution in [2.75, 3.05) is 40.4 Å². The Kier molecular flexibility index (Phi) is 5.80. The first-order valence-electron chi connectivity index (χ1n) is 12.5. The van der Waals surface area contributed by atoms with Crippen LogP contribution in [-0.4, -0.2) is 80.4 Å². The van der Waals surface area contributed by atoms with Crippen molar-refractivity contribution in [3.8, 4) is 22.5 Å². The molecule has 1 atom stereocenters. The maximum absolute atomic E-state index is 15.4. The van der Waals surface area contributed by atoms with Gasteiger partial charge in [0.05, 0.1) is 36.3 Å². The molecule has 37 heavy (non-hydrogen) atoms. The maximum Gasteiger partial charge on any atom is 0.245 e. The molecule has 3 aromatic heterocycles. The average molecular weight is 504 g/mol. The standard InChI is InChI=1S/C27H30FN7O2/c1-16-27(36)32(2)15-23-25(31-26(35(16)23)18-13-34(14-18)8-9-37-4)19-6-5-7-22-20(19)10-21(28)24(30-22)17-11-29-33(3)12-17/h5-7,10-12,16,18H,8-9,13-15H2,1-4H3. The van der Waals surface area contributed by atoms with Gasteiger partial charge in [-0.05, 0) is 19.1 Å². The number of ether oxygens (including phenoxy) is 1. The molecule has 1 amide bonds. The van der Waals surface area contributed by atoms with Crippen molar-refractivity contribution in [2.45, 2.75) is 25.4 Å². The van der Waals surface area contributed by atoms with Crippen LogP contribution in [-0.2, 0) is 23.1 Å². The Hall–Kier alpha value is -3.63. The van der Waals surface area contributed by atoms with E-state index in [1.54, 1.807) is 42.2 Å². The molecule has 6 rings (SSSR count). The third kappa shape index (κ3) is 3.91. The molecule has 0 saturated carbocycles. The van der Waals surface area contributed by atoms with Gasteiger partial charge in [0.25, 0.3) is 0 Å². The van der Waals surface area contributed by atoms with Gasteiger partial charge in [-0.2, -0.15) is 5.10 Å². The summed E-state index contributed by atoms with van der Waals surface area (Å²) in [5, 5.41) is 4.85. The van der Waals surface area contributed by atoms with Gasteiger partial charge in [0.2, 0.25) is 5.91 Å². The minimum atomic E-state index is -0.408. The summed E-state index contributed by atoms with van der Waals surface area (Å²) in [7, 11) is 5.32. The quantitative estimate of drug-likeness (QED) is 0.402. The van der Waals surface area contributed by atoms with Gasteiger partial charge in [0, 0.05) is 69.5 Å². The van der Waals surface area contributed by atoms with Crippen molar-refractivity contribution in [3.63, 3.8) is 0 Å². The van der Waals surface area contributed by atoms with Crippen molar-refractivity contribution in [3.05, 3.63) is 54.0 Å². The van der Waals surface area contributed by atoms with E-state index >= 15 is 4.39 Å². The molecule has 5 heterocycles. The van der Waals surface area contributed by atoms with Gasteiger partial charge in [-0.25, -0.2) is 14.4 Å². The van der Waals surface area contributed by atoms with Crippen LogP contribution in [0.5, 0.6) is 0 Å². The van der Waals surface area contributed by atoms with Crippen LogP contribution in [0.25, 0.3) is 33.4 Å². The highest BCUT2D eigenvalue weighted by Gasteiger charge is 2.39. The Bertz CT molecular complexity index is 1500. The Labute approximate surface area is 214 Å². The number of nitrogens with zero attached hydrogens (tertiary/aromatic N) is 7. The van der Waals surface area contributed by atoms with E-state index in [9.17, 15) is 4.79 Å². The first-order valence-corrected chi connectivity index (χ1v) is 12.5. The number of fused-ring (bicyclic) bond motifs is 2. The van der Waals surface area contributed by atoms with E-state index in [1.165, 1.54) is 0 Å². The fourth-order valence-corrected chi connectivity index (χ4v) is 5.56. The van der Waals surface area contributed by atoms with E-state index < -0.39 is 5.82 Å². The summed E-state index contributed by atoms with van der Waals surface area (Å²) < 4.78 is 24.3. The first-order chi connectivity index (χ1) is 17.9. The summed E-state index contributed by atoms with van der Waals surface area (Å²) in [6, 6.07) is 6.98. The number of likely N-dealkylation sites (N-methyl/N-ethyl adjacent to an activating group) is 1. The number of aromatic nitrogens is 5. The fourth-order valence-electron chi connectivity index (χ4n) is 5.56. The summed E-state index contributed by atoms with van der Waals surface area (Å²) in [5.74, 6) is 0.810. The third-order valence-electron chi connectivity index (χ3n) is 7.53. The van der Waals surface area contributed by atoms with Crippen LogP contribution in [0.2, 0.25) is 0 Å². The number of halogens is 1. The van der Waals surface area contributed by atoms with Gasteiger partial charge in [-0.15, -0.1) is 0 Å². The number of pyridine rings is 1. The number of likely N-dealkylation sites (tertiary alicyclic amines) is 1. The topological polar surface area (TPSA) is 81.3 Å². The third-order valence-corrected chi connectivity index (χ3v) is 7.53. The minimum absolute atomic E-state index is 0.0694. The number of methoxy groups -OCH3 is 1. The molecule has 1 unspecified atom stereocenters. The molecule has 1 aromatic carbocycles. The second-order valence-electron chi connectivity index (χ2n) is 10.0. The van der Waals surface area contributed by atoms with Gasteiger partial charge in [0.15, 0.2) is 0 Å². The summed E-state index contributed by atoms with van der Waals surface area (Å²) in [6.45, 7) is 5.69. The molecule has 10 heteroatoms. The van der Waals surface area contributed by atoms with Gasteiger partial charge in [0.1, 0.15) is 23.4 Å². The summed E-state index contributed by atoms with van der Waals surface area (Å²) in [6.07, 6.45) is 3.36. The SMILES string of the molecule is COCCN1CC(c2nc(-c3cccc4nc(-c5cnn(C)c5)c(F)cc34)c3n2C(C)C(=O)N(C)C3)C1. The first kappa shape index (κ1) is 23.7. The predicted molar refractivity (Wildman–Crippen MR) is 137 cm³/mol. The molecule has 1 fully saturated rings. The summed E-state index contributed by atoms with van der Waals surface area (Å²) >= 11 is 0. The number of carbonyl (C=O) groups excluding carboxylic acids is 1. The zero-order valence-electron chi connectivity index (χ0n) is 21.5. The molecule has 0 bridgehead atoms. The van der Waals surface area contributed by atoms with Crippen LogP contribution in [0, 0.1) is 5.82 Å². The molecule has 192 valence electrons. The lowest BCUT2D eigenvalue weighted by Crippen LogP contribution is -2.48. The predicted octanol–water partition coefficient (Wildman–Crippen LogP) is 3.22. The lowest BCUT2D eigenvalue weighted by atomic mass is 9.98. The average Bonchev–Trinajstić information content (AvgIpc) is 3.44. The van der Waals surface area contributed by atoms with Gasteiger partial charge in [-0.1, -0.05) is 12.1 Å². The lowest BCUT2D eigenvalue weighted by Gasteiger charge is -2.40. The van der Waals surface area contributed by atoms with Gasteiger partial charge >= 0.3 is 0 Å². The number of carbonyl (C=O) groups is 1. The summed E-state index contributed by atoms with van der Waals surface area (Å²) in [4.78, 5) is 26.8. The highest BCUT2D eigenvalue weighted by Crippen LogP contribution is 2.39. The van der Waals surface area contributed by atoms with Crippen molar-refractivity contribution < 1.29 is 13.9 Å². The van der Waals surface area contributed by atoms with Crippen molar-refractivity contribution in [1.29, 1.82) is 0 Å². The Morgan fingerprint density at radius 3 is 2.70 bits per heavy atom.